The number of carbonyl (C=O) groups excluding carboxylic acids is 1. The standard InChI is InChI=1S/C24H21N5O2S/c1-14-5-4-6-19-22(14)27-24(32-19)26-20(30)13-29-23-21(15(2)28-29)18(11-12-25-23)16-7-9-17(31-3)10-8-16/h4-12H,13H2,1-3H3,(H,26,27,30). The molecule has 0 aliphatic rings. The fourth-order valence-electron chi connectivity index (χ4n) is 3.84. The highest BCUT2D eigenvalue weighted by molar-refractivity contribution is 7.22. The molecular formula is C24H21N5O2S. The first-order valence-electron chi connectivity index (χ1n) is 10.2. The number of fused-ring (bicyclic) bond motifs is 2. The van der Waals surface area contributed by atoms with E-state index >= 15 is 0 Å². The van der Waals surface area contributed by atoms with E-state index < -0.39 is 0 Å². The Morgan fingerprint density at radius 1 is 1.12 bits per heavy atom. The highest BCUT2D eigenvalue weighted by Crippen LogP contribution is 2.31. The lowest BCUT2D eigenvalue weighted by Crippen LogP contribution is -2.19. The number of rotatable bonds is 5. The second kappa shape index (κ2) is 8.05. The lowest BCUT2D eigenvalue weighted by atomic mass is 10.0. The quantitative estimate of drug-likeness (QED) is 0.415. The van der Waals surface area contributed by atoms with E-state index in [0.29, 0.717) is 10.8 Å². The molecule has 0 bridgehead atoms. The number of pyridine rings is 1. The number of hydrogen-bond donors (Lipinski definition) is 1. The van der Waals surface area contributed by atoms with Crippen LogP contribution in [0.1, 0.15) is 11.3 Å². The summed E-state index contributed by atoms with van der Waals surface area (Å²) in [4.78, 5) is 21.8. The van der Waals surface area contributed by atoms with E-state index in [1.54, 1.807) is 18.0 Å². The van der Waals surface area contributed by atoms with Gasteiger partial charge in [0, 0.05) is 11.6 Å². The number of hydrogen-bond acceptors (Lipinski definition) is 6. The van der Waals surface area contributed by atoms with Gasteiger partial charge in [0.2, 0.25) is 5.91 Å². The molecule has 1 amide bonds. The van der Waals surface area contributed by atoms with Crippen LogP contribution < -0.4 is 10.1 Å². The number of thiazole rings is 1. The Hall–Kier alpha value is -3.78. The molecule has 0 saturated heterocycles. The van der Waals surface area contributed by atoms with Gasteiger partial charge >= 0.3 is 0 Å². The van der Waals surface area contributed by atoms with Crippen LogP contribution in [0.5, 0.6) is 5.75 Å². The van der Waals surface area contributed by atoms with Crippen molar-refractivity contribution < 1.29 is 9.53 Å². The second-order valence-corrected chi connectivity index (χ2v) is 8.55. The van der Waals surface area contributed by atoms with Gasteiger partial charge in [-0.25, -0.2) is 14.6 Å². The van der Waals surface area contributed by atoms with Gasteiger partial charge in [-0.15, -0.1) is 0 Å². The minimum Gasteiger partial charge on any atom is -0.497 e. The zero-order valence-electron chi connectivity index (χ0n) is 17.9. The monoisotopic (exact) mass is 443 g/mol. The van der Waals surface area contributed by atoms with Crippen LogP contribution in [0.15, 0.2) is 54.7 Å². The molecule has 0 aliphatic carbocycles. The summed E-state index contributed by atoms with van der Waals surface area (Å²) in [6.07, 6.45) is 1.74. The van der Waals surface area contributed by atoms with E-state index in [0.717, 1.165) is 43.7 Å². The Labute approximate surface area is 188 Å². The Morgan fingerprint density at radius 3 is 2.69 bits per heavy atom. The highest BCUT2D eigenvalue weighted by Gasteiger charge is 2.17. The smallest absolute Gasteiger partial charge is 0.247 e. The van der Waals surface area contributed by atoms with Gasteiger partial charge in [0.15, 0.2) is 10.8 Å². The molecule has 5 rings (SSSR count). The lowest BCUT2D eigenvalue weighted by molar-refractivity contribution is -0.116. The minimum absolute atomic E-state index is 0.0539. The number of carbonyl (C=O) groups is 1. The third kappa shape index (κ3) is 3.58. The van der Waals surface area contributed by atoms with Crippen LogP contribution >= 0.6 is 11.3 Å². The number of amides is 1. The average Bonchev–Trinajstić information content (AvgIpc) is 3.35. The number of methoxy groups -OCH3 is 1. The van der Waals surface area contributed by atoms with Crippen molar-refractivity contribution in [3.63, 3.8) is 0 Å². The zero-order valence-corrected chi connectivity index (χ0v) is 18.7. The summed E-state index contributed by atoms with van der Waals surface area (Å²) in [7, 11) is 1.65. The highest BCUT2D eigenvalue weighted by atomic mass is 32.1. The normalized spacial score (nSPS) is 11.2. The SMILES string of the molecule is COc1ccc(-c2ccnc3c2c(C)nn3CC(=O)Nc2nc3c(C)cccc3s2)cc1. The molecule has 0 fully saturated rings. The van der Waals surface area contributed by atoms with Crippen LogP contribution in [0, 0.1) is 13.8 Å². The number of para-hydroxylation sites is 1. The lowest BCUT2D eigenvalue weighted by Gasteiger charge is -2.06. The van der Waals surface area contributed by atoms with E-state index in [9.17, 15) is 4.79 Å². The Balaban J connectivity index is 1.44. The summed E-state index contributed by atoms with van der Waals surface area (Å²) in [6, 6.07) is 15.8. The van der Waals surface area contributed by atoms with Gasteiger partial charge in [0.05, 0.1) is 23.0 Å². The molecule has 0 spiro atoms. The van der Waals surface area contributed by atoms with Gasteiger partial charge in [-0.1, -0.05) is 35.6 Å². The first kappa shape index (κ1) is 20.1. The number of nitrogens with zero attached hydrogens (tertiary/aromatic N) is 4. The Morgan fingerprint density at radius 2 is 1.94 bits per heavy atom. The number of nitrogens with one attached hydrogen (secondary N) is 1. The van der Waals surface area contributed by atoms with Crippen LogP contribution in [0.4, 0.5) is 5.13 Å². The fourth-order valence-corrected chi connectivity index (χ4v) is 4.80. The predicted molar refractivity (Wildman–Crippen MR) is 127 cm³/mol. The largest absolute Gasteiger partial charge is 0.497 e. The molecule has 2 aromatic carbocycles. The van der Waals surface area contributed by atoms with Gasteiger partial charge in [-0.2, -0.15) is 5.10 Å². The summed E-state index contributed by atoms with van der Waals surface area (Å²) >= 11 is 1.46. The van der Waals surface area contributed by atoms with Gasteiger partial charge in [-0.05, 0) is 54.8 Å². The number of aromatic nitrogens is 4. The molecule has 3 aromatic heterocycles. The van der Waals surface area contributed by atoms with Crippen molar-refractivity contribution in [2.24, 2.45) is 0 Å². The van der Waals surface area contributed by atoms with Crippen molar-refractivity contribution in [1.29, 1.82) is 0 Å². The summed E-state index contributed by atoms with van der Waals surface area (Å²) in [5.74, 6) is 0.607. The molecule has 0 saturated carbocycles. The van der Waals surface area contributed by atoms with Crippen LogP contribution in [0.2, 0.25) is 0 Å². The van der Waals surface area contributed by atoms with Crippen molar-refractivity contribution in [3.8, 4) is 16.9 Å². The molecule has 0 atom stereocenters. The van der Waals surface area contributed by atoms with E-state index in [-0.39, 0.29) is 12.5 Å². The third-order valence-corrected chi connectivity index (χ3v) is 6.31. The van der Waals surface area contributed by atoms with E-state index in [2.05, 4.69) is 20.4 Å². The third-order valence-electron chi connectivity index (χ3n) is 5.37. The van der Waals surface area contributed by atoms with Crippen LogP contribution in [0.25, 0.3) is 32.4 Å². The van der Waals surface area contributed by atoms with Crippen LogP contribution in [0.3, 0.4) is 0 Å². The van der Waals surface area contributed by atoms with Gasteiger partial charge < -0.3 is 10.1 Å². The topological polar surface area (TPSA) is 81.9 Å². The first-order chi connectivity index (χ1) is 15.5. The van der Waals surface area contributed by atoms with Gasteiger partial charge in [-0.3, -0.25) is 4.79 Å². The molecule has 1 N–H and O–H groups in total. The predicted octanol–water partition coefficient (Wildman–Crippen LogP) is 4.97. The number of ether oxygens (including phenoxy) is 1. The summed E-state index contributed by atoms with van der Waals surface area (Å²) in [6.45, 7) is 4.00. The molecule has 3 heterocycles. The van der Waals surface area contributed by atoms with Crippen molar-refractivity contribution in [3.05, 3.63) is 66.0 Å². The number of anilines is 1. The number of benzene rings is 2. The van der Waals surface area contributed by atoms with E-state index in [1.165, 1.54) is 11.3 Å². The fraction of sp³-hybridized carbons (Fsp3) is 0.167. The van der Waals surface area contributed by atoms with Crippen molar-refractivity contribution in [1.82, 2.24) is 19.7 Å². The van der Waals surface area contributed by atoms with E-state index in [4.69, 9.17) is 4.74 Å². The van der Waals surface area contributed by atoms with Crippen molar-refractivity contribution in [2.75, 3.05) is 12.4 Å². The number of aryl methyl sites for hydroxylation is 2. The maximum atomic E-state index is 12.8. The molecule has 5 aromatic rings. The first-order valence-corrected chi connectivity index (χ1v) is 11.0. The second-order valence-electron chi connectivity index (χ2n) is 7.52. The molecule has 8 heteroatoms. The Bertz CT molecular complexity index is 1450. The van der Waals surface area contributed by atoms with Gasteiger partial charge in [0.25, 0.3) is 0 Å². The molecule has 32 heavy (non-hydrogen) atoms. The maximum absolute atomic E-state index is 12.8. The van der Waals surface area contributed by atoms with Crippen molar-refractivity contribution in [2.45, 2.75) is 20.4 Å². The molecule has 0 unspecified atom stereocenters. The summed E-state index contributed by atoms with van der Waals surface area (Å²) < 4.78 is 7.95. The van der Waals surface area contributed by atoms with Crippen molar-refractivity contribution >= 4 is 43.6 Å². The molecule has 0 aliphatic heterocycles. The summed E-state index contributed by atoms with van der Waals surface area (Å²) in [5.41, 5.74) is 5.55. The molecule has 0 radical (unpaired) electrons. The Kier molecular flexibility index (Phi) is 5.07. The average molecular weight is 444 g/mol. The summed E-state index contributed by atoms with van der Waals surface area (Å²) in [5, 5.41) is 9.02. The molecular weight excluding hydrogens is 422 g/mol. The van der Waals surface area contributed by atoms with Crippen LogP contribution in [-0.4, -0.2) is 32.8 Å². The molecule has 7 nitrogen and oxygen atoms in total. The zero-order chi connectivity index (χ0) is 22.2. The van der Waals surface area contributed by atoms with Crippen LogP contribution in [-0.2, 0) is 11.3 Å². The molecule has 160 valence electrons. The van der Waals surface area contributed by atoms with E-state index in [1.807, 2.05) is 62.4 Å². The minimum atomic E-state index is -0.192. The van der Waals surface area contributed by atoms with Gasteiger partial charge in [0.1, 0.15) is 12.3 Å². The maximum Gasteiger partial charge on any atom is 0.247 e.